The van der Waals surface area contributed by atoms with Crippen LogP contribution in [0.15, 0.2) is 5.16 Å². The Morgan fingerprint density at radius 1 is 1.31 bits per heavy atom. The molecule has 0 aromatic carbocycles. The summed E-state index contributed by atoms with van der Waals surface area (Å²) >= 11 is 1.82. The van der Waals surface area contributed by atoms with E-state index in [9.17, 15) is 0 Å². The number of thioether (sulfide) groups is 1. The van der Waals surface area contributed by atoms with Gasteiger partial charge in [-0.15, -0.1) is 5.10 Å². The average Bonchev–Trinajstić information content (AvgIpc) is 2.54. The maximum Gasteiger partial charge on any atom is 0.209 e. The van der Waals surface area contributed by atoms with Gasteiger partial charge in [0.15, 0.2) is 0 Å². The smallest absolute Gasteiger partial charge is 0.209 e. The lowest BCUT2D eigenvalue weighted by molar-refractivity contribution is 0.514. The van der Waals surface area contributed by atoms with Crippen LogP contribution in [0.3, 0.4) is 0 Å². The predicted molar refractivity (Wildman–Crippen MR) is 51.5 cm³/mol. The lowest BCUT2D eigenvalue weighted by atomic mass is 10.0. The molecule has 1 aliphatic carbocycles. The van der Waals surface area contributed by atoms with Gasteiger partial charge < -0.3 is 0 Å². The summed E-state index contributed by atoms with van der Waals surface area (Å²) in [6.07, 6.45) is 6.76. The van der Waals surface area contributed by atoms with Crippen molar-refractivity contribution in [1.29, 1.82) is 0 Å². The fourth-order valence-corrected chi connectivity index (χ4v) is 2.79. The van der Waals surface area contributed by atoms with Gasteiger partial charge in [-0.05, 0) is 23.3 Å². The second-order valence-corrected chi connectivity index (χ2v) is 4.73. The van der Waals surface area contributed by atoms with E-state index in [0.717, 1.165) is 10.4 Å². The zero-order chi connectivity index (χ0) is 9.10. The van der Waals surface area contributed by atoms with Gasteiger partial charge in [0.1, 0.15) is 0 Å². The average molecular weight is 198 g/mol. The van der Waals surface area contributed by atoms with E-state index in [0.29, 0.717) is 0 Å². The molecule has 2 rings (SSSR count). The fraction of sp³-hybridized carbons (Fsp3) is 0.875. The summed E-state index contributed by atoms with van der Waals surface area (Å²) in [5, 5.41) is 13.1. The highest BCUT2D eigenvalue weighted by atomic mass is 32.2. The number of aromatic nitrogens is 4. The zero-order valence-corrected chi connectivity index (χ0v) is 8.63. The summed E-state index contributed by atoms with van der Waals surface area (Å²) in [6, 6.07) is 0. The number of hydrogen-bond acceptors (Lipinski definition) is 4. The van der Waals surface area contributed by atoms with Crippen molar-refractivity contribution in [3.8, 4) is 0 Å². The third-order valence-electron chi connectivity index (χ3n) is 2.41. The Kier molecular flexibility index (Phi) is 2.83. The summed E-state index contributed by atoms with van der Waals surface area (Å²) in [6.45, 7) is 0. The second-order valence-electron chi connectivity index (χ2n) is 3.46. The van der Waals surface area contributed by atoms with E-state index < -0.39 is 0 Å². The van der Waals surface area contributed by atoms with Crippen molar-refractivity contribution in [3.63, 3.8) is 0 Å². The quantitative estimate of drug-likeness (QED) is 0.724. The van der Waals surface area contributed by atoms with Crippen molar-refractivity contribution < 1.29 is 0 Å². The first kappa shape index (κ1) is 8.99. The van der Waals surface area contributed by atoms with Crippen LogP contribution < -0.4 is 0 Å². The minimum Gasteiger partial charge on any atom is -0.224 e. The van der Waals surface area contributed by atoms with Gasteiger partial charge in [0.05, 0.1) is 0 Å². The Balaban J connectivity index is 1.93. The Hall–Kier alpha value is -0.580. The van der Waals surface area contributed by atoms with Gasteiger partial charge in [0.2, 0.25) is 5.16 Å². The van der Waals surface area contributed by atoms with Gasteiger partial charge in [-0.3, -0.25) is 0 Å². The van der Waals surface area contributed by atoms with Crippen LogP contribution in [0.4, 0.5) is 0 Å². The van der Waals surface area contributed by atoms with Crippen LogP contribution in [0, 0.1) is 0 Å². The first-order chi connectivity index (χ1) is 6.36. The van der Waals surface area contributed by atoms with Gasteiger partial charge in [-0.2, -0.15) is 0 Å². The molecule has 0 unspecified atom stereocenters. The molecule has 4 nitrogen and oxygen atoms in total. The van der Waals surface area contributed by atoms with Crippen molar-refractivity contribution in [1.82, 2.24) is 20.2 Å². The molecule has 1 aliphatic rings. The zero-order valence-electron chi connectivity index (χ0n) is 7.81. The fourth-order valence-electron chi connectivity index (χ4n) is 1.65. The maximum atomic E-state index is 3.97. The standard InChI is InChI=1S/C8H14N4S/c1-12-8(9-10-11-12)13-7-5-3-2-4-6-7/h7H,2-6H2,1H3. The molecule has 0 spiro atoms. The second kappa shape index (κ2) is 4.09. The SMILES string of the molecule is Cn1nnnc1SC1CCCCC1. The molecule has 13 heavy (non-hydrogen) atoms. The van der Waals surface area contributed by atoms with Crippen LogP contribution in [0.5, 0.6) is 0 Å². The number of hydrogen-bond donors (Lipinski definition) is 0. The Bertz CT molecular complexity index is 267. The van der Waals surface area contributed by atoms with Gasteiger partial charge in [0, 0.05) is 12.3 Å². The van der Waals surface area contributed by atoms with E-state index in [1.165, 1.54) is 32.1 Å². The van der Waals surface area contributed by atoms with E-state index in [4.69, 9.17) is 0 Å². The van der Waals surface area contributed by atoms with Crippen molar-refractivity contribution >= 4 is 11.8 Å². The number of rotatable bonds is 2. The topological polar surface area (TPSA) is 43.6 Å². The molecule has 0 bridgehead atoms. The Labute approximate surface area is 82.1 Å². The first-order valence-corrected chi connectivity index (χ1v) is 5.63. The molecule has 1 fully saturated rings. The molecular weight excluding hydrogens is 184 g/mol. The van der Waals surface area contributed by atoms with Gasteiger partial charge in [-0.25, -0.2) is 4.68 Å². The number of nitrogens with zero attached hydrogens (tertiary/aromatic N) is 4. The number of aryl methyl sites for hydroxylation is 1. The summed E-state index contributed by atoms with van der Waals surface area (Å²) < 4.78 is 1.75. The molecule has 1 aromatic rings. The van der Waals surface area contributed by atoms with Gasteiger partial charge >= 0.3 is 0 Å². The molecule has 72 valence electrons. The highest BCUT2D eigenvalue weighted by molar-refractivity contribution is 7.99. The molecular formula is C8H14N4S. The summed E-state index contributed by atoms with van der Waals surface area (Å²) in [5.74, 6) is 0. The number of tetrazole rings is 1. The molecule has 0 radical (unpaired) electrons. The van der Waals surface area contributed by atoms with E-state index in [2.05, 4.69) is 15.5 Å². The molecule has 0 amide bonds. The predicted octanol–water partition coefficient (Wildman–Crippen LogP) is 1.63. The normalized spacial score (nSPS) is 19.2. The maximum absolute atomic E-state index is 3.97. The molecule has 0 aliphatic heterocycles. The largest absolute Gasteiger partial charge is 0.224 e. The minimum absolute atomic E-state index is 0.735. The lowest BCUT2D eigenvalue weighted by Gasteiger charge is -2.19. The third kappa shape index (κ3) is 2.21. The van der Waals surface area contributed by atoms with Gasteiger partial charge in [0.25, 0.3) is 0 Å². The molecule has 0 saturated heterocycles. The van der Waals surface area contributed by atoms with Crippen LogP contribution in [-0.2, 0) is 7.05 Å². The van der Waals surface area contributed by atoms with E-state index in [-0.39, 0.29) is 0 Å². The molecule has 1 heterocycles. The van der Waals surface area contributed by atoms with Gasteiger partial charge in [-0.1, -0.05) is 31.0 Å². The summed E-state index contributed by atoms with van der Waals surface area (Å²) in [5.41, 5.74) is 0. The van der Waals surface area contributed by atoms with Crippen LogP contribution in [0.1, 0.15) is 32.1 Å². The molecule has 0 N–H and O–H groups in total. The highest BCUT2D eigenvalue weighted by Crippen LogP contribution is 2.31. The molecule has 1 saturated carbocycles. The van der Waals surface area contributed by atoms with E-state index in [1.807, 2.05) is 18.8 Å². The first-order valence-electron chi connectivity index (χ1n) is 4.75. The highest BCUT2D eigenvalue weighted by Gasteiger charge is 2.17. The summed E-state index contributed by atoms with van der Waals surface area (Å²) in [4.78, 5) is 0. The van der Waals surface area contributed by atoms with Crippen molar-refractivity contribution in [3.05, 3.63) is 0 Å². The van der Waals surface area contributed by atoms with E-state index in [1.54, 1.807) is 4.68 Å². The van der Waals surface area contributed by atoms with Crippen LogP contribution in [-0.4, -0.2) is 25.5 Å². The third-order valence-corrected chi connectivity index (χ3v) is 3.77. The molecule has 1 aromatic heterocycles. The Morgan fingerprint density at radius 2 is 2.08 bits per heavy atom. The van der Waals surface area contributed by atoms with Crippen LogP contribution in [0.2, 0.25) is 0 Å². The Morgan fingerprint density at radius 3 is 2.69 bits per heavy atom. The molecule has 0 atom stereocenters. The lowest BCUT2D eigenvalue weighted by Crippen LogP contribution is -2.09. The van der Waals surface area contributed by atoms with Crippen molar-refractivity contribution in [2.75, 3.05) is 0 Å². The summed E-state index contributed by atoms with van der Waals surface area (Å²) in [7, 11) is 1.89. The van der Waals surface area contributed by atoms with Crippen molar-refractivity contribution in [2.24, 2.45) is 7.05 Å². The molecule has 5 heteroatoms. The van der Waals surface area contributed by atoms with Crippen molar-refractivity contribution in [2.45, 2.75) is 42.5 Å². The van der Waals surface area contributed by atoms with Crippen LogP contribution in [0.25, 0.3) is 0 Å². The monoisotopic (exact) mass is 198 g/mol. The van der Waals surface area contributed by atoms with E-state index >= 15 is 0 Å². The minimum atomic E-state index is 0.735. The van der Waals surface area contributed by atoms with Crippen LogP contribution >= 0.6 is 11.8 Å².